The summed E-state index contributed by atoms with van der Waals surface area (Å²) in [6, 6.07) is 5.13. The van der Waals surface area contributed by atoms with Gasteiger partial charge in [-0.25, -0.2) is 4.98 Å². The van der Waals surface area contributed by atoms with Gasteiger partial charge < -0.3 is 24.9 Å². The van der Waals surface area contributed by atoms with Gasteiger partial charge in [-0.1, -0.05) is 26.0 Å². The molecule has 1 atom stereocenters. The Kier molecular flexibility index (Phi) is 5.81. The number of carbonyl (C=O) groups excluding carboxylic acids is 1. The van der Waals surface area contributed by atoms with Crippen LogP contribution in [0.2, 0.25) is 0 Å². The lowest BCUT2D eigenvalue weighted by molar-refractivity contribution is 0.0945. The number of rotatable bonds is 7. The molecule has 2 aromatic rings. The molecule has 3 N–H and O–H groups in total. The molecule has 0 radical (unpaired) electrons. The number of carbonyl (C=O) groups is 1. The van der Waals surface area contributed by atoms with Crippen LogP contribution in [0.25, 0.3) is 0 Å². The van der Waals surface area contributed by atoms with E-state index in [9.17, 15) is 4.79 Å². The van der Waals surface area contributed by atoms with E-state index in [2.05, 4.69) is 10.3 Å². The average molecular weight is 333 g/mol. The molecule has 0 fully saturated rings. The first-order valence-corrected chi connectivity index (χ1v) is 7.67. The molecule has 0 saturated carbocycles. The van der Waals surface area contributed by atoms with Gasteiger partial charge >= 0.3 is 0 Å². The molecule has 0 spiro atoms. The summed E-state index contributed by atoms with van der Waals surface area (Å²) in [4.78, 5) is 16.4. The first-order chi connectivity index (χ1) is 11.5. The third kappa shape index (κ3) is 3.86. The fourth-order valence-electron chi connectivity index (χ4n) is 2.19. The highest BCUT2D eigenvalue weighted by Crippen LogP contribution is 2.30. The normalized spacial score (nSPS) is 12.1. The molecule has 1 unspecified atom stereocenters. The molecule has 0 bridgehead atoms. The monoisotopic (exact) mass is 333 g/mol. The molecule has 130 valence electrons. The molecule has 1 heterocycles. The zero-order chi connectivity index (χ0) is 17.7. The van der Waals surface area contributed by atoms with E-state index in [-0.39, 0.29) is 30.1 Å². The number of hydrogen-bond donors (Lipinski definition) is 2. The van der Waals surface area contributed by atoms with Crippen LogP contribution in [0, 0.1) is 5.92 Å². The van der Waals surface area contributed by atoms with Gasteiger partial charge in [-0.2, -0.15) is 0 Å². The van der Waals surface area contributed by atoms with Gasteiger partial charge in [-0.3, -0.25) is 4.79 Å². The number of benzene rings is 1. The Morgan fingerprint density at radius 1 is 1.33 bits per heavy atom. The van der Waals surface area contributed by atoms with Crippen LogP contribution < -0.4 is 20.5 Å². The van der Waals surface area contributed by atoms with Gasteiger partial charge in [-0.05, 0) is 12.0 Å². The van der Waals surface area contributed by atoms with E-state index in [1.54, 1.807) is 20.3 Å². The summed E-state index contributed by atoms with van der Waals surface area (Å²) in [6.07, 6.45) is 1.32. The number of para-hydroxylation sites is 1. The first-order valence-electron chi connectivity index (χ1n) is 7.67. The number of aromatic nitrogens is 1. The van der Waals surface area contributed by atoms with Crippen LogP contribution in [0.5, 0.6) is 11.5 Å². The summed E-state index contributed by atoms with van der Waals surface area (Å²) in [6.45, 7) is 4.20. The minimum atomic E-state index is -0.343. The van der Waals surface area contributed by atoms with E-state index in [0.717, 1.165) is 5.56 Å². The number of ether oxygens (including phenoxy) is 2. The molecule has 7 nitrogen and oxygen atoms in total. The van der Waals surface area contributed by atoms with Gasteiger partial charge in [0, 0.05) is 12.1 Å². The fourth-order valence-corrected chi connectivity index (χ4v) is 2.19. The van der Waals surface area contributed by atoms with Crippen molar-refractivity contribution in [3.63, 3.8) is 0 Å². The van der Waals surface area contributed by atoms with Gasteiger partial charge in [0.1, 0.15) is 6.26 Å². The molecule has 2 rings (SSSR count). The molecule has 0 aliphatic rings. The van der Waals surface area contributed by atoms with Gasteiger partial charge in [0.25, 0.3) is 5.91 Å². The Bertz CT molecular complexity index is 697. The number of hydrogen-bond acceptors (Lipinski definition) is 6. The van der Waals surface area contributed by atoms with Crippen molar-refractivity contribution in [2.75, 3.05) is 14.2 Å². The van der Waals surface area contributed by atoms with Crippen molar-refractivity contribution in [1.29, 1.82) is 0 Å². The topological polar surface area (TPSA) is 99.6 Å². The zero-order valence-electron chi connectivity index (χ0n) is 14.3. The largest absolute Gasteiger partial charge is 0.493 e. The maximum atomic E-state index is 12.2. The van der Waals surface area contributed by atoms with Crippen molar-refractivity contribution in [3.05, 3.63) is 41.6 Å². The van der Waals surface area contributed by atoms with Gasteiger partial charge in [0.2, 0.25) is 5.89 Å². The predicted octanol–water partition coefficient (Wildman–Crippen LogP) is 2.28. The summed E-state index contributed by atoms with van der Waals surface area (Å²) in [5.41, 5.74) is 6.96. The standard InChI is InChI=1S/C17H23N3O4/c1-10(2)14(18)17-20-12(9-24-17)16(21)19-8-11-6-5-7-13(22-3)15(11)23-4/h5-7,9-10,14H,8,18H2,1-4H3,(H,19,21). The average Bonchev–Trinajstić information content (AvgIpc) is 3.08. The van der Waals surface area contributed by atoms with Crippen LogP contribution in [0.3, 0.4) is 0 Å². The molecular formula is C17H23N3O4. The van der Waals surface area contributed by atoms with Crippen molar-refractivity contribution in [3.8, 4) is 11.5 Å². The number of nitrogens with zero attached hydrogens (tertiary/aromatic N) is 1. The lowest BCUT2D eigenvalue weighted by atomic mass is 10.1. The maximum Gasteiger partial charge on any atom is 0.273 e. The highest BCUT2D eigenvalue weighted by atomic mass is 16.5. The summed E-state index contributed by atoms with van der Waals surface area (Å²) in [5.74, 6) is 1.37. The first kappa shape index (κ1) is 17.8. The second-order valence-electron chi connectivity index (χ2n) is 5.68. The quantitative estimate of drug-likeness (QED) is 0.806. The lowest BCUT2D eigenvalue weighted by Gasteiger charge is -2.12. The maximum absolute atomic E-state index is 12.2. The molecule has 24 heavy (non-hydrogen) atoms. The number of amides is 1. The van der Waals surface area contributed by atoms with Gasteiger partial charge in [0.05, 0.1) is 20.3 Å². The Labute approximate surface area is 141 Å². The van der Waals surface area contributed by atoms with Gasteiger partial charge in [0.15, 0.2) is 17.2 Å². The van der Waals surface area contributed by atoms with Crippen LogP contribution in [0.15, 0.2) is 28.9 Å². The number of oxazole rings is 1. The van der Waals surface area contributed by atoms with Crippen LogP contribution >= 0.6 is 0 Å². The minimum absolute atomic E-state index is 0.167. The smallest absolute Gasteiger partial charge is 0.273 e. The summed E-state index contributed by atoms with van der Waals surface area (Å²) in [5, 5.41) is 2.78. The van der Waals surface area contributed by atoms with Crippen molar-refractivity contribution in [2.24, 2.45) is 11.7 Å². The fraction of sp³-hybridized carbons (Fsp3) is 0.412. The molecule has 0 aliphatic heterocycles. The molecule has 1 aromatic carbocycles. The lowest BCUT2D eigenvalue weighted by Crippen LogP contribution is -2.24. The van der Waals surface area contributed by atoms with Crippen LogP contribution in [-0.4, -0.2) is 25.1 Å². The Hall–Kier alpha value is -2.54. The van der Waals surface area contributed by atoms with Crippen molar-refractivity contribution in [2.45, 2.75) is 26.4 Å². The highest BCUT2D eigenvalue weighted by Gasteiger charge is 2.19. The van der Waals surface area contributed by atoms with E-state index >= 15 is 0 Å². The van der Waals surface area contributed by atoms with Gasteiger partial charge in [-0.15, -0.1) is 0 Å². The second-order valence-corrected chi connectivity index (χ2v) is 5.68. The Morgan fingerprint density at radius 2 is 2.08 bits per heavy atom. The summed E-state index contributed by atoms with van der Waals surface area (Å²) in [7, 11) is 3.12. The number of nitrogens with two attached hydrogens (primary N) is 1. The van der Waals surface area contributed by atoms with Crippen LogP contribution in [0.4, 0.5) is 0 Å². The number of methoxy groups -OCH3 is 2. The predicted molar refractivity (Wildman–Crippen MR) is 89.0 cm³/mol. The molecule has 1 amide bonds. The summed E-state index contributed by atoms with van der Waals surface area (Å²) < 4.78 is 15.9. The second kappa shape index (κ2) is 7.83. The van der Waals surface area contributed by atoms with E-state index in [4.69, 9.17) is 19.6 Å². The zero-order valence-corrected chi connectivity index (χ0v) is 14.3. The van der Waals surface area contributed by atoms with E-state index in [1.165, 1.54) is 6.26 Å². The van der Waals surface area contributed by atoms with Crippen LogP contribution in [-0.2, 0) is 6.54 Å². The van der Waals surface area contributed by atoms with Crippen molar-refractivity contribution < 1.29 is 18.7 Å². The molecular weight excluding hydrogens is 310 g/mol. The third-order valence-corrected chi connectivity index (χ3v) is 3.68. The minimum Gasteiger partial charge on any atom is -0.493 e. The SMILES string of the molecule is COc1cccc(CNC(=O)c2coc(C(N)C(C)C)n2)c1OC. The van der Waals surface area contributed by atoms with Crippen LogP contribution in [0.1, 0.15) is 41.8 Å². The molecule has 0 saturated heterocycles. The highest BCUT2D eigenvalue weighted by molar-refractivity contribution is 5.91. The molecule has 0 aliphatic carbocycles. The third-order valence-electron chi connectivity index (χ3n) is 3.68. The summed E-state index contributed by atoms with van der Waals surface area (Å²) >= 11 is 0. The van der Waals surface area contributed by atoms with E-state index in [1.807, 2.05) is 26.0 Å². The van der Waals surface area contributed by atoms with E-state index in [0.29, 0.717) is 17.4 Å². The number of nitrogens with one attached hydrogen (secondary N) is 1. The Morgan fingerprint density at radius 3 is 2.71 bits per heavy atom. The molecule has 1 aromatic heterocycles. The molecule has 7 heteroatoms. The van der Waals surface area contributed by atoms with Crippen molar-refractivity contribution >= 4 is 5.91 Å². The Balaban J connectivity index is 2.06. The van der Waals surface area contributed by atoms with Crippen molar-refractivity contribution in [1.82, 2.24) is 10.3 Å². The van der Waals surface area contributed by atoms with E-state index < -0.39 is 0 Å².